The molecule has 0 aliphatic heterocycles. The topological polar surface area (TPSA) is 29.1 Å². The predicted molar refractivity (Wildman–Crippen MR) is 63.1 cm³/mol. The molecule has 0 heterocycles. The van der Waals surface area contributed by atoms with E-state index in [1.54, 1.807) is 30.3 Å². The van der Waals surface area contributed by atoms with Gasteiger partial charge in [0.15, 0.2) is 5.75 Å². The number of rotatable bonds is 2. The second-order valence-corrected chi connectivity index (χ2v) is 3.99. The second-order valence-electron chi connectivity index (χ2n) is 3.15. The summed E-state index contributed by atoms with van der Waals surface area (Å²) in [5, 5.41) is 11.9. The summed E-state index contributed by atoms with van der Waals surface area (Å²) < 4.78 is 5.49. The molecule has 1 radical (unpaired) electrons. The summed E-state index contributed by atoms with van der Waals surface area (Å²) in [5.74, 6) is 1.00. The maximum atomic E-state index is 10.9. The van der Waals surface area contributed by atoms with Crippen LogP contribution in [0.1, 0.15) is 0 Å². The molecule has 0 aliphatic rings. The van der Waals surface area contributed by atoms with Gasteiger partial charge in [0, 0.05) is 5.02 Å². The van der Waals surface area contributed by atoms with E-state index in [2.05, 4.69) is 0 Å². The molecule has 0 amide bonds. The zero-order valence-corrected chi connectivity index (χ0v) is 9.63. The number of hydrogen-bond donors (Lipinski definition) is 0. The third-order valence-corrected chi connectivity index (χ3v) is 2.48. The highest BCUT2D eigenvalue weighted by Crippen LogP contribution is 2.31. The molecule has 0 aliphatic carbocycles. The molecule has 2 aromatic carbocycles. The van der Waals surface area contributed by atoms with E-state index in [1.165, 1.54) is 12.1 Å². The lowest BCUT2D eigenvalue weighted by Gasteiger charge is -2.07. The van der Waals surface area contributed by atoms with Crippen molar-refractivity contribution in [3.63, 3.8) is 0 Å². The number of benzene rings is 2. The van der Waals surface area contributed by atoms with E-state index >= 15 is 0 Å². The van der Waals surface area contributed by atoms with Crippen molar-refractivity contribution >= 4 is 23.2 Å². The average Bonchev–Trinajstić information content (AvgIpc) is 2.25. The van der Waals surface area contributed by atoms with Crippen LogP contribution in [0.15, 0.2) is 42.5 Å². The second kappa shape index (κ2) is 4.64. The standard InChI is InChI=1S/C12H7Cl2O2/c13-8-1-6-12(11(14)7-8)16-10-4-2-9(15)3-5-10/h1-7H. The molecule has 0 saturated heterocycles. The van der Waals surface area contributed by atoms with Crippen molar-refractivity contribution in [2.75, 3.05) is 0 Å². The van der Waals surface area contributed by atoms with Gasteiger partial charge in [0.25, 0.3) is 0 Å². The van der Waals surface area contributed by atoms with Crippen molar-refractivity contribution in [2.24, 2.45) is 0 Å². The molecular weight excluding hydrogens is 247 g/mol. The minimum Gasteiger partial charge on any atom is -0.456 e. The largest absolute Gasteiger partial charge is 0.456 e. The monoisotopic (exact) mass is 253 g/mol. The lowest BCUT2D eigenvalue weighted by molar-refractivity contribution is 0.354. The van der Waals surface area contributed by atoms with Crippen LogP contribution in [-0.4, -0.2) is 0 Å². The minimum atomic E-state index is -0.0606. The van der Waals surface area contributed by atoms with Gasteiger partial charge in [-0.1, -0.05) is 23.2 Å². The van der Waals surface area contributed by atoms with Gasteiger partial charge in [-0.15, -0.1) is 0 Å². The molecule has 0 atom stereocenters. The van der Waals surface area contributed by atoms with Crippen LogP contribution in [0, 0.1) is 0 Å². The van der Waals surface area contributed by atoms with Crippen molar-refractivity contribution in [1.29, 1.82) is 0 Å². The number of ether oxygens (including phenoxy) is 1. The third kappa shape index (κ3) is 2.60. The predicted octanol–water partition coefficient (Wildman–Crippen LogP) is 4.93. The Labute approximate surface area is 103 Å². The zero-order chi connectivity index (χ0) is 11.5. The summed E-state index contributed by atoms with van der Waals surface area (Å²) in [6, 6.07) is 11.0. The molecule has 16 heavy (non-hydrogen) atoms. The smallest absolute Gasteiger partial charge is 0.178 e. The van der Waals surface area contributed by atoms with Crippen molar-refractivity contribution in [2.45, 2.75) is 0 Å². The Balaban J connectivity index is 2.23. The van der Waals surface area contributed by atoms with Crippen LogP contribution in [0.4, 0.5) is 0 Å². The van der Waals surface area contributed by atoms with Gasteiger partial charge in [-0.2, -0.15) is 0 Å². The van der Waals surface area contributed by atoms with Gasteiger partial charge in [-0.25, -0.2) is 0 Å². The van der Waals surface area contributed by atoms with Crippen molar-refractivity contribution in [1.82, 2.24) is 0 Å². The Morgan fingerprint density at radius 3 is 2.25 bits per heavy atom. The van der Waals surface area contributed by atoms with E-state index in [-0.39, 0.29) is 5.75 Å². The molecule has 2 aromatic rings. The first kappa shape index (κ1) is 11.1. The fraction of sp³-hybridized carbons (Fsp3) is 0. The Bertz CT molecular complexity index is 495. The highest BCUT2D eigenvalue weighted by atomic mass is 35.5. The maximum Gasteiger partial charge on any atom is 0.178 e. The van der Waals surface area contributed by atoms with Gasteiger partial charge in [-0.05, 0) is 42.5 Å². The van der Waals surface area contributed by atoms with Gasteiger partial charge in [0.2, 0.25) is 0 Å². The van der Waals surface area contributed by atoms with Crippen LogP contribution in [0.5, 0.6) is 17.2 Å². The molecule has 0 bridgehead atoms. The molecule has 2 rings (SSSR count). The van der Waals surface area contributed by atoms with Gasteiger partial charge < -0.3 is 4.74 Å². The third-order valence-electron chi connectivity index (χ3n) is 1.95. The maximum absolute atomic E-state index is 10.9. The fourth-order valence-electron chi connectivity index (χ4n) is 1.19. The molecule has 4 heteroatoms. The molecule has 0 aromatic heterocycles. The highest BCUT2D eigenvalue weighted by Gasteiger charge is 2.03. The first-order chi connectivity index (χ1) is 7.65. The Morgan fingerprint density at radius 1 is 0.938 bits per heavy atom. The number of halogens is 2. The molecule has 0 N–H and O–H groups in total. The molecule has 2 nitrogen and oxygen atoms in total. The van der Waals surface area contributed by atoms with Crippen LogP contribution in [0.2, 0.25) is 10.0 Å². The zero-order valence-electron chi connectivity index (χ0n) is 8.11. The minimum absolute atomic E-state index is 0.0606. The first-order valence-electron chi connectivity index (χ1n) is 4.55. The van der Waals surface area contributed by atoms with E-state index in [9.17, 15) is 5.11 Å². The van der Waals surface area contributed by atoms with Crippen LogP contribution >= 0.6 is 23.2 Å². The molecule has 0 spiro atoms. The molecule has 81 valence electrons. The number of hydrogen-bond acceptors (Lipinski definition) is 1. The highest BCUT2D eigenvalue weighted by molar-refractivity contribution is 6.35. The summed E-state index contributed by atoms with van der Waals surface area (Å²) in [7, 11) is 0. The van der Waals surface area contributed by atoms with E-state index in [1.807, 2.05) is 0 Å². The average molecular weight is 254 g/mol. The fourth-order valence-corrected chi connectivity index (χ4v) is 1.64. The Morgan fingerprint density at radius 2 is 1.62 bits per heavy atom. The SMILES string of the molecule is [O]c1ccc(Oc2ccc(Cl)cc2Cl)cc1. The molecule has 0 fully saturated rings. The lowest BCUT2D eigenvalue weighted by Crippen LogP contribution is -1.84. The van der Waals surface area contributed by atoms with E-state index in [0.29, 0.717) is 21.5 Å². The molecular formula is C12H7Cl2O2. The summed E-state index contributed by atoms with van der Waals surface area (Å²) in [4.78, 5) is 0. The van der Waals surface area contributed by atoms with Crippen molar-refractivity contribution in [3.8, 4) is 17.2 Å². The molecule has 0 unspecified atom stereocenters. The van der Waals surface area contributed by atoms with Crippen LogP contribution in [-0.2, 0) is 5.11 Å². The molecule has 0 saturated carbocycles. The van der Waals surface area contributed by atoms with Gasteiger partial charge >= 0.3 is 0 Å². The van der Waals surface area contributed by atoms with Crippen LogP contribution < -0.4 is 4.74 Å². The quantitative estimate of drug-likeness (QED) is 0.746. The summed E-state index contributed by atoms with van der Waals surface area (Å²) in [5.41, 5.74) is 0. The normalized spacial score (nSPS) is 10.1. The van der Waals surface area contributed by atoms with E-state index in [0.717, 1.165) is 0 Å². The first-order valence-corrected chi connectivity index (χ1v) is 5.31. The van der Waals surface area contributed by atoms with Gasteiger partial charge in [-0.3, -0.25) is 5.11 Å². The van der Waals surface area contributed by atoms with Crippen LogP contribution in [0.3, 0.4) is 0 Å². The van der Waals surface area contributed by atoms with Gasteiger partial charge in [0.05, 0.1) is 5.02 Å². The van der Waals surface area contributed by atoms with E-state index in [4.69, 9.17) is 27.9 Å². The summed E-state index contributed by atoms with van der Waals surface area (Å²) in [6.07, 6.45) is 0. The Kier molecular flexibility index (Phi) is 3.22. The van der Waals surface area contributed by atoms with Crippen molar-refractivity contribution < 1.29 is 9.84 Å². The summed E-state index contributed by atoms with van der Waals surface area (Å²) >= 11 is 11.7. The summed E-state index contributed by atoms with van der Waals surface area (Å²) in [6.45, 7) is 0. The van der Waals surface area contributed by atoms with Crippen LogP contribution in [0.25, 0.3) is 0 Å². The lowest BCUT2D eigenvalue weighted by atomic mass is 10.3. The Hall–Kier alpha value is -1.38. The van der Waals surface area contributed by atoms with Gasteiger partial charge in [0.1, 0.15) is 11.5 Å². The van der Waals surface area contributed by atoms with E-state index < -0.39 is 0 Å². The van der Waals surface area contributed by atoms with Crippen molar-refractivity contribution in [3.05, 3.63) is 52.5 Å².